The Labute approximate surface area is 131 Å². The van der Waals surface area contributed by atoms with Crippen molar-refractivity contribution >= 4 is 29.2 Å². The fourth-order valence-electron chi connectivity index (χ4n) is 1.91. The van der Waals surface area contributed by atoms with Crippen LogP contribution in [0.2, 0.25) is 5.02 Å². The van der Waals surface area contributed by atoms with Gasteiger partial charge in [-0.05, 0) is 42.5 Å². The number of nitrogens with one attached hydrogen (secondary N) is 2. The summed E-state index contributed by atoms with van der Waals surface area (Å²) < 4.78 is 10.3. The maximum absolute atomic E-state index is 12.0. The van der Waals surface area contributed by atoms with Gasteiger partial charge in [0.25, 0.3) is 5.91 Å². The molecule has 1 aliphatic heterocycles. The normalized spacial score (nSPS) is 11.9. The lowest BCUT2D eigenvalue weighted by Gasteiger charge is -2.07. The largest absolute Gasteiger partial charge is 0.454 e. The molecule has 7 heteroatoms. The first-order chi connectivity index (χ1) is 10.6. The molecule has 2 N–H and O–H groups in total. The van der Waals surface area contributed by atoms with Gasteiger partial charge in [-0.15, -0.1) is 0 Å². The van der Waals surface area contributed by atoms with Crippen molar-refractivity contribution in [3.8, 4) is 11.5 Å². The van der Waals surface area contributed by atoms with Crippen molar-refractivity contribution in [1.29, 1.82) is 0 Å². The third-order valence-corrected chi connectivity index (χ3v) is 3.22. The lowest BCUT2D eigenvalue weighted by Crippen LogP contribution is -2.34. The summed E-state index contributed by atoms with van der Waals surface area (Å²) in [4.78, 5) is 23.8. The molecule has 0 aromatic heterocycles. The third kappa shape index (κ3) is 3.12. The second-order valence-electron chi connectivity index (χ2n) is 4.48. The van der Waals surface area contributed by atoms with E-state index in [0.717, 1.165) is 0 Å². The van der Waals surface area contributed by atoms with Crippen LogP contribution in [0.4, 0.5) is 10.5 Å². The van der Waals surface area contributed by atoms with Gasteiger partial charge in [0.05, 0.1) is 0 Å². The smallest absolute Gasteiger partial charge is 0.326 e. The molecule has 0 atom stereocenters. The minimum Gasteiger partial charge on any atom is -0.454 e. The van der Waals surface area contributed by atoms with Gasteiger partial charge in [0, 0.05) is 16.3 Å². The molecule has 2 aromatic carbocycles. The number of benzene rings is 2. The minimum absolute atomic E-state index is 0.122. The van der Waals surface area contributed by atoms with E-state index in [-0.39, 0.29) is 6.79 Å². The minimum atomic E-state index is -0.634. The molecule has 2 aromatic rings. The number of halogens is 1. The zero-order chi connectivity index (χ0) is 15.5. The average molecular weight is 319 g/mol. The fourth-order valence-corrected chi connectivity index (χ4v) is 2.03. The van der Waals surface area contributed by atoms with Crippen molar-refractivity contribution < 1.29 is 19.1 Å². The number of anilines is 1. The number of urea groups is 1. The summed E-state index contributed by atoms with van der Waals surface area (Å²) in [6.07, 6.45) is 0. The van der Waals surface area contributed by atoms with Crippen LogP contribution < -0.4 is 20.1 Å². The first-order valence-electron chi connectivity index (χ1n) is 6.39. The molecular weight excluding hydrogens is 308 g/mol. The van der Waals surface area contributed by atoms with Crippen LogP contribution in [0.1, 0.15) is 10.4 Å². The lowest BCUT2D eigenvalue weighted by molar-refractivity contribution is 0.0966. The Kier molecular flexibility index (Phi) is 3.84. The summed E-state index contributed by atoms with van der Waals surface area (Å²) in [5, 5.41) is 5.33. The van der Waals surface area contributed by atoms with Gasteiger partial charge in [0.1, 0.15) is 0 Å². The average Bonchev–Trinajstić information content (AvgIpc) is 2.97. The fraction of sp³-hybridized carbons (Fsp3) is 0.0667. The molecule has 112 valence electrons. The van der Waals surface area contributed by atoms with E-state index >= 15 is 0 Å². The topological polar surface area (TPSA) is 76.7 Å². The van der Waals surface area contributed by atoms with Crippen molar-refractivity contribution in [2.75, 3.05) is 12.1 Å². The van der Waals surface area contributed by atoms with Crippen molar-refractivity contribution in [2.24, 2.45) is 0 Å². The first kappa shape index (κ1) is 14.2. The van der Waals surface area contributed by atoms with Gasteiger partial charge in [-0.2, -0.15) is 0 Å². The lowest BCUT2D eigenvalue weighted by atomic mass is 10.2. The second kappa shape index (κ2) is 5.95. The summed E-state index contributed by atoms with van der Waals surface area (Å²) in [6, 6.07) is 10.6. The van der Waals surface area contributed by atoms with E-state index in [1.54, 1.807) is 36.4 Å². The number of hydrogen-bond acceptors (Lipinski definition) is 4. The molecule has 0 fully saturated rings. The Morgan fingerprint density at radius 3 is 2.50 bits per heavy atom. The van der Waals surface area contributed by atoms with Crippen LogP contribution in [0, 0.1) is 0 Å². The van der Waals surface area contributed by atoms with Crippen LogP contribution in [0.3, 0.4) is 0 Å². The Balaban J connectivity index is 1.63. The Bertz CT molecular complexity index is 731. The number of carbonyl (C=O) groups excluding carboxylic acids is 2. The molecule has 0 unspecified atom stereocenters. The molecule has 0 saturated carbocycles. The number of carbonyl (C=O) groups is 2. The maximum Gasteiger partial charge on any atom is 0.326 e. The third-order valence-electron chi connectivity index (χ3n) is 2.96. The van der Waals surface area contributed by atoms with Crippen LogP contribution in [0.25, 0.3) is 0 Å². The van der Waals surface area contributed by atoms with E-state index in [1.807, 2.05) is 0 Å². The van der Waals surface area contributed by atoms with Crippen LogP contribution in [-0.2, 0) is 0 Å². The molecule has 3 amide bonds. The van der Waals surface area contributed by atoms with E-state index in [0.29, 0.717) is 27.8 Å². The summed E-state index contributed by atoms with van der Waals surface area (Å²) in [7, 11) is 0. The quantitative estimate of drug-likeness (QED) is 0.892. The van der Waals surface area contributed by atoms with E-state index in [9.17, 15) is 9.59 Å². The van der Waals surface area contributed by atoms with E-state index in [4.69, 9.17) is 21.1 Å². The Morgan fingerprint density at radius 2 is 1.73 bits per heavy atom. The number of ether oxygens (including phenoxy) is 2. The summed E-state index contributed by atoms with van der Waals surface area (Å²) in [6.45, 7) is 0.122. The number of hydrogen-bond donors (Lipinski definition) is 2. The van der Waals surface area contributed by atoms with Crippen molar-refractivity contribution in [3.05, 3.63) is 53.1 Å². The zero-order valence-corrected chi connectivity index (χ0v) is 12.0. The highest BCUT2D eigenvalue weighted by molar-refractivity contribution is 6.30. The predicted molar refractivity (Wildman–Crippen MR) is 80.5 cm³/mol. The highest BCUT2D eigenvalue weighted by Gasteiger charge is 2.17. The molecule has 0 spiro atoms. The predicted octanol–water partition coefficient (Wildman–Crippen LogP) is 3.03. The SMILES string of the molecule is O=C(NC(=O)c1ccc2c(c1)OCO2)Nc1ccc(Cl)cc1. The van der Waals surface area contributed by atoms with E-state index in [2.05, 4.69) is 10.6 Å². The first-order valence-corrected chi connectivity index (χ1v) is 6.77. The Morgan fingerprint density at radius 1 is 1.00 bits per heavy atom. The van der Waals surface area contributed by atoms with Crippen LogP contribution in [0.5, 0.6) is 11.5 Å². The van der Waals surface area contributed by atoms with Gasteiger partial charge in [0.2, 0.25) is 6.79 Å². The molecule has 6 nitrogen and oxygen atoms in total. The molecule has 22 heavy (non-hydrogen) atoms. The van der Waals surface area contributed by atoms with E-state index < -0.39 is 11.9 Å². The standard InChI is InChI=1S/C15H11ClN2O4/c16-10-2-4-11(5-3-10)17-15(20)18-14(19)9-1-6-12-13(7-9)22-8-21-12/h1-7H,8H2,(H2,17,18,19,20). The zero-order valence-electron chi connectivity index (χ0n) is 11.3. The van der Waals surface area contributed by atoms with Crippen molar-refractivity contribution in [2.45, 2.75) is 0 Å². The second-order valence-corrected chi connectivity index (χ2v) is 4.92. The van der Waals surface area contributed by atoms with Gasteiger partial charge < -0.3 is 14.8 Å². The molecule has 0 saturated heterocycles. The highest BCUT2D eigenvalue weighted by Crippen LogP contribution is 2.32. The van der Waals surface area contributed by atoms with Crippen molar-refractivity contribution in [3.63, 3.8) is 0 Å². The molecule has 3 rings (SSSR count). The summed E-state index contributed by atoms with van der Waals surface area (Å²) >= 11 is 5.75. The number of rotatable bonds is 2. The monoisotopic (exact) mass is 318 g/mol. The number of fused-ring (bicyclic) bond motifs is 1. The Hall–Kier alpha value is -2.73. The molecule has 1 aliphatic rings. The maximum atomic E-state index is 12.0. The molecule has 0 aliphatic carbocycles. The van der Waals surface area contributed by atoms with Crippen LogP contribution in [0.15, 0.2) is 42.5 Å². The van der Waals surface area contributed by atoms with Crippen LogP contribution in [-0.4, -0.2) is 18.7 Å². The molecular formula is C15H11ClN2O4. The van der Waals surface area contributed by atoms with Gasteiger partial charge in [-0.3, -0.25) is 10.1 Å². The van der Waals surface area contributed by atoms with Gasteiger partial charge in [-0.1, -0.05) is 11.6 Å². The summed E-state index contributed by atoms with van der Waals surface area (Å²) in [5.41, 5.74) is 0.830. The number of imide groups is 1. The van der Waals surface area contributed by atoms with Gasteiger partial charge in [0.15, 0.2) is 11.5 Å². The van der Waals surface area contributed by atoms with Gasteiger partial charge in [-0.25, -0.2) is 4.79 Å². The molecule has 1 heterocycles. The highest BCUT2D eigenvalue weighted by atomic mass is 35.5. The number of amides is 3. The molecule has 0 radical (unpaired) electrons. The summed E-state index contributed by atoms with van der Waals surface area (Å²) in [5.74, 6) is 0.512. The molecule has 0 bridgehead atoms. The van der Waals surface area contributed by atoms with Crippen LogP contribution >= 0.6 is 11.6 Å². The van der Waals surface area contributed by atoms with Gasteiger partial charge >= 0.3 is 6.03 Å². The van der Waals surface area contributed by atoms with E-state index in [1.165, 1.54) is 6.07 Å². The van der Waals surface area contributed by atoms with Crippen molar-refractivity contribution in [1.82, 2.24) is 5.32 Å².